The molecule has 9 heteroatoms. The monoisotopic (exact) mass is 443 g/mol. The molecule has 0 atom stereocenters. The lowest BCUT2D eigenvalue weighted by Gasteiger charge is -2.34. The van der Waals surface area contributed by atoms with E-state index in [0.717, 1.165) is 0 Å². The fourth-order valence-electron chi connectivity index (χ4n) is 3.80. The summed E-state index contributed by atoms with van der Waals surface area (Å²) in [7, 11) is 1.54. The molecule has 162 valence electrons. The van der Waals surface area contributed by atoms with Crippen LogP contribution in [0.2, 0.25) is 5.02 Å². The summed E-state index contributed by atoms with van der Waals surface area (Å²) >= 11 is 6.15. The van der Waals surface area contributed by atoms with Gasteiger partial charge in [-0.05, 0) is 18.2 Å². The van der Waals surface area contributed by atoms with Gasteiger partial charge in [0.1, 0.15) is 5.82 Å². The number of rotatable bonds is 5. The minimum atomic E-state index is -0.337. The molecule has 1 amide bonds. The van der Waals surface area contributed by atoms with Crippen molar-refractivity contribution in [3.63, 3.8) is 0 Å². The standard InChI is InChI=1S/C22H23ClFN5O2/c1-25-21(30)20-15-5-2-3-6-16(15)22(31)29(26-20)14-28-11-9-27(10-12-28)13-17-18(23)7-4-8-19(17)24/h2-8H,9-14H2,1H3,(H,25,30). The van der Waals surface area contributed by atoms with Gasteiger partial charge in [-0.3, -0.25) is 19.4 Å². The van der Waals surface area contributed by atoms with Crippen molar-refractivity contribution in [2.24, 2.45) is 0 Å². The molecule has 7 nitrogen and oxygen atoms in total. The quantitative estimate of drug-likeness (QED) is 0.655. The van der Waals surface area contributed by atoms with Crippen LogP contribution in [0.5, 0.6) is 0 Å². The van der Waals surface area contributed by atoms with Crippen molar-refractivity contribution in [2.45, 2.75) is 13.2 Å². The maximum absolute atomic E-state index is 14.1. The first-order chi connectivity index (χ1) is 15.0. The first-order valence-corrected chi connectivity index (χ1v) is 10.4. The summed E-state index contributed by atoms with van der Waals surface area (Å²) in [6.07, 6.45) is 0. The average molecular weight is 444 g/mol. The van der Waals surface area contributed by atoms with Crippen molar-refractivity contribution in [1.29, 1.82) is 0 Å². The van der Waals surface area contributed by atoms with Gasteiger partial charge in [-0.15, -0.1) is 0 Å². The molecule has 1 aliphatic rings. The van der Waals surface area contributed by atoms with Crippen LogP contribution in [0, 0.1) is 5.82 Å². The normalized spacial score (nSPS) is 15.3. The maximum Gasteiger partial charge on any atom is 0.275 e. The lowest BCUT2D eigenvalue weighted by Crippen LogP contribution is -2.48. The van der Waals surface area contributed by atoms with Crippen LogP contribution < -0.4 is 10.9 Å². The molecule has 0 unspecified atom stereocenters. The molecule has 0 spiro atoms. The third-order valence-electron chi connectivity index (χ3n) is 5.55. The van der Waals surface area contributed by atoms with Crippen LogP contribution in [-0.2, 0) is 13.2 Å². The van der Waals surface area contributed by atoms with Gasteiger partial charge in [0.05, 0.1) is 12.1 Å². The summed E-state index contributed by atoms with van der Waals surface area (Å²) in [6.45, 7) is 3.49. The molecule has 0 bridgehead atoms. The van der Waals surface area contributed by atoms with Crippen LogP contribution in [0.3, 0.4) is 0 Å². The number of carbonyl (C=O) groups is 1. The van der Waals surface area contributed by atoms with E-state index in [1.54, 1.807) is 36.4 Å². The zero-order valence-corrected chi connectivity index (χ0v) is 17.9. The third kappa shape index (κ3) is 4.46. The summed E-state index contributed by atoms with van der Waals surface area (Å²) in [5.41, 5.74) is 0.495. The number of benzene rings is 2. The fraction of sp³-hybridized carbons (Fsp3) is 0.318. The van der Waals surface area contributed by atoms with E-state index in [9.17, 15) is 14.0 Å². The second-order valence-electron chi connectivity index (χ2n) is 7.51. The second kappa shape index (κ2) is 9.13. The SMILES string of the molecule is CNC(=O)c1nn(CN2CCN(Cc3c(F)cccc3Cl)CC2)c(=O)c2ccccc12. The Kier molecular flexibility index (Phi) is 6.31. The maximum atomic E-state index is 14.1. The van der Waals surface area contributed by atoms with Gasteiger partial charge in [-0.2, -0.15) is 5.10 Å². The number of hydrogen-bond acceptors (Lipinski definition) is 5. The van der Waals surface area contributed by atoms with E-state index in [4.69, 9.17) is 11.6 Å². The highest BCUT2D eigenvalue weighted by Gasteiger charge is 2.21. The van der Waals surface area contributed by atoms with E-state index in [0.29, 0.717) is 54.1 Å². The average Bonchev–Trinajstić information content (AvgIpc) is 2.79. The molecule has 1 N–H and O–H groups in total. The first-order valence-electron chi connectivity index (χ1n) is 10.1. The Morgan fingerprint density at radius 2 is 1.74 bits per heavy atom. The Balaban J connectivity index is 1.49. The lowest BCUT2D eigenvalue weighted by atomic mass is 10.1. The van der Waals surface area contributed by atoms with E-state index < -0.39 is 0 Å². The molecule has 1 aromatic heterocycles. The molecular weight excluding hydrogens is 421 g/mol. The molecule has 1 fully saturated rings. The van der Waals surface area contributed by atoms with E-state index in [2.05, 4.69) is 20.2 Å². The van der Waals surface area contributed by atoms with Crippen LogP contribution >= 0.6 is 11.6 Å². The highest BCUT2D eigenvalue weighted by molar-refractivity contribution is 6.31. The van der Waals surface area contributed by atoms with Crippen LogP contribution in [0.25, 0.3) is 10.8 Å². The number of piperazine rings is 1. The van der Waals surface area contributed by atoms with Crippen LogP contribution in [0.15, 0.2) is 47.3 Å². The predicted octanol–water partition coefficient (Wildman–Crippen LogP) is 2.32. The number of nitrogens with zero attached hydrogens (tertiary/aromatic N) is 4. The number of carbonyl (C=O) groups excluding carboxylic acids is 1. The van der Waals surface area contributed by atoms with Crippen molar-refractivity contribution in [2.75, 3.05) is 33.2 Å². The molecule has 0 saturated carbocycles. The van der Waals surface area contributed by atoms with E-state index >= 15 is 0 Å². The van der Waals surface area contributed by atoms with Gasteiger partial charge in [0.25, 0.3) is 11.5 Å². The predicted molar refractivity (Wildman–Crippen MR) is 118 cm³/mol. The third-order valence-corrected chi connectivity index (χ3v) is 5.91. The van der Waals surface area contributed by atoms with E-state index in [1.807, 2.05) is 0 Å². The first kappa shape index (κ1) is 21.4. The highest BCUT2D eigenvalue weighted by Crippen LogP contribution is 2.21. The Bertz CT molecular complexity index is 1150. The molecular formula is C22H23ClFN5O2. The summed E-state index contributed by atoms with van der Waals surface area (Å²) in [4.78, 5) is 29.5. The second-order valence-corrected chi connectivity index (χ2v) is 7.92. The molecule has 3 aromatic rings. The molecule has 2 heterocycles. The van der Waals surface area contributed by atoms with Crippen molar-refractivity contribution in [3.05, 3.63) is 74.9 Å². The highest BCUT2D eigenvalue weighted by atomic mass is 35.5. The number of aromatic nitrogens is 2. The zero-order chi connectivity index (χ0) is 22.0. The summed E-state index contributed by atoms with van der Waals surface area (Å²) in [5.74, 6) is -0.639. The van der Waals surface area contributed by atoms with Gasteiger partial charge in [0.15, 0.2) is 5.69 Å². The van der Waals surface area contributed by atoms with Gasteiger partial charge < -0.3 is 5.32 Å². The summed E-state index contributed by atoms with van der Waals surface area (Å²) < 4.78 is 15.4. The van der Waals surface area contributed by atoms with Gasteiger partial charge >= 0.3 is 0 Å². The minimum absolute atomic E-state index is 0.227. The Hall–Kier alpha value is -2.81. The van der Waals surface area contributed by atoms with Crippen molar-refractivity contribution in [1.82, 2.24) is 24.9 Å². The lowest BCUT2D eigenvalue weighted by molar-refractivity contribution is 0.0923. The Morgan fingerprint density at radius 1 is 1.06 bits per heavy atom. The van der Waals surface area contributed by atoms with Gasteiger partial charge in [0, 0.05) is 55.7 Å². The Labute approximate surface area is 184 Å². The zero-order valence-electron chi connectivity index (χ0n) is 17.1. The number of amides is 1. The van der Waals surface area contributed by atoms with Gasteiger partial charge in [-0.25, -0.2) is 9.07 Å². The summed E-state index contributed by atoms with van der Waals surface area (Å²) in [6, 6.07) is 11.7. The molecule has 4 rings (SSSR count). The van der Waals surface area contributed by atoms with E-state index in [-0.39, 0.29) is 29.6 Å². The molecule has 31 heavy (non-hydrogen) atoms. The number of hydrogen-bond donors (Lipinski definition) is 1. The van der Waals surface area contributed by atoms with Gasteiger partial charge in [0.2, 0.25) is 0 Å². The van der Waals surface area contributed by atoms with Crippen LogP contribution in [0.1, 0.15) is 16.1 Å². The molecule has 2 aromatic carbocycles. The van der Waals surface area contributed by atoms with Crippen LogP contribution in [0.4, 0.5) is 4.39 Å². The summed E-state index contributed by atoms with van der Waals surface area (Å²) in [5, 5.41) is 8.35. The Morgan fingerprint density at radius 3 is 2.42 bits per heavy atom. The van der Waals surface area contributed by atoms with Crippen molar-refractivity contribution < 1.29 is 9.18 Å². The molecule has 1 saturated heterocycles. The van der Waals surface area contributed by atoms with E-state index in [1.165, 1.54) is 17.8 Å². The number of halogens is 2. The molecule has 0 radical (unpaired) electrons. The van der Waals surface area contributed by atoms with Gasteiger partial charge in [-0.1, -0.05) is 35.9 Å². The topological polar surface area (TPSA) is 70.5 Å². The smallest absolute Gasteiger partial charge is 0.275 e. The number of nitrogens with one attached hydrogen (secondary N) is 1. The largest absolute Gasteiger partial charge is 0.354 e. The van der Waals surface area contributed by atoms with Crippen LogP contribution in [-0.4, -0.2) is 58.7 Å². The van der Waals surface area contributed by atoms with Crippen molar-refractivity contribution >= 4 is 28.3 Å². The molecule has 1 aliphatic heterocycles. The molecule has 0 aliphatic carbocycles. The fourth-order valence-corrected chi connectivity index (χ4v) is 4.03. The minimum Gasteiger partial charge on any atom is -0.354 e. The number of fused-ring (bicyclic) bond motifs is 1. The van der Waals surface area contributed by atoms with Crippen molar-refractivity contribution in [3.8, 4) is 0 Å².